The Kier molecular flexibility index (Phi) is 5.32. The maximum atomic E-state index is 5.86. The van der Waals surface area contributed by atoms with Crippen molar-refractivity contribution in [3.63, 3.8) is 0 Å². The fourth-order valence-corrected chi connectivity index (χ4v) is 2.65. The molecule has 0 saturated heterocycles. The molecule has 0 atom stereocenters. The van der Waals surface area contributed by atoms with E-state index in [-0.39, 0.29) is 0 Å². The molecule has 0 aliphatic heterocycles. The highest BCUT2D eigenvalue weighted by Gasteiger charge is 1.99. The van der Waals surface area contributed by atoms with Crippen molar-refractivity contribution < 1.29 is 4.74 Å². The molecule has 0 unspecified atom stereocenters. The highest BCUT2D eigenvalue weighted by atomic mass is 16.5. The molecular weight excluding hydrogens is 292 g/mol. The molecule has 0 amide bonds. The van der Waals surface area contributed by atoms with E-state index < -0.39 is 0 Å². The van der Waals surface area contributed by atoms with Gasteiger partial charge < -0.3 is 4.74 Å². The van der Waals surface area contributed by atoms with Crippen LogP contribution >= 0.6 is 0 Å². The number of ether oxygens (including phenoxy) is 1. The average Bonchev–Trinajstić information content (AvgIpc) is 2.62. The summed E-state index contributed by atoms with van der Waals surface area (Å²) in [6.07, 6.45) is 2.13. The van der Waals surface area contributed by atoms with Crippen LogP contribution in [0.15, 0.2) is 72.8 Å². The summed E-state index contributed by atoms with van der Waals surface area (Å²) in [4.78, 5) is 0. The molecule has 0 aliphatic rings. The lowest BCUT2D eigenvalue weighted by Gasteiger charge is -2.08. The zero-order chi connectivity index (χ0) is 16.8. The van der Waals surface area contributed by atoms with Crippen LogP contribution in [0, 0.1) is 13.8 Å². The smallest absolute Gasteiger partial charge is 0.119 e. The quantitative estimate of drug-likeness (QED) is 0.569. The molecule has 0 aliphatic carbocycles. The van der Waals surface area contributed by atoms with Crippen LogP contribution in [0.4, 0.5) is 0 Å². The second-order valence-electron chi connectivity index (χ2n) is 6.40. The third-order valence-electron chi connectivity index (χ3n) is 4.27. The SMILES string of the molecule is Cc1ccc(CCc2ccc(OCc3ccc(C)cc3)cc2)cc1. The van der Waals surface area contributed by atoms with Crippen molar-refractivity contribution in [1.82, 2.24) is 0 Å². The molecule has 3 rings (SSSR count). The predicted molar refractivity (Wildman–Crippen MR) is 101 cm³/mol. The van der Waals surface area contributed by atoms with Gasteiger partial charge in [-0.25, -0.2) is 0 Å². The molecule has 3 aromatic rings. The van der Waals surface area contributed by atoms with Gasteiger partial charge in [-0.2, -0.15) is 0 Å². The predicted octanol–water partition coefficient (Wildman–Crippen LogP) is 5.67. The number of hydrogen-bond donors (Lipinski definition) is 0. The topological polar surface area (TPSA) is 9.23 Å². The van der Waals surface area contributed by atoms with Crippen molar-refractivity contribution in [1.29, 1.82) is 0 Å². The van der Waals surface area contributed by atoms with Crippen LogP contribution in [0.3, 0.4) is 0 Å². The van der Waals surface area contributed by atoms with Crippen LogP contribution in [0.1, 0.15) is 27.8 Å². The summed E-state index contributed by atoms with van der Waals surface area (Å²) in [7, 11) is 0. The van der Waals surface area contributed by atoms with Crippen LogP contribution in [0.5, 0.6) is 5.75 Å². The maximum absolute atomic E-state index is 5.86. The van der Waals surface area contributed by atoms with Gasteiger partial charge in [-0.3, -0.25) is 0 Å². The summed E-state index contributed by atoms with van der Waals surface area (Å²) in [6.45, 7) is 4.84. The Morgan fingerprint density at radius 3 is 1.46 bits per heavy atom. The minimum atomic E-state index is 0.614. The summed E-state index contributed by atoms with van der Waals surface area (Å²) in [5.74, 6) is 0.926. The Morgan fingerprint density at radius 2 is 0.958 bits per heavy atom. The van der Waals surface area contributed by atoms with Crippen molar-refractivity contribution in [3.05, 3.63) is 101 Å². The minimum absolute atomic E-state index is 0.614. The Labute approximate surface area is 144 Å². The standard InChI is InChI=1S/C23H24O/c1-18-3-7-20(8-4-18)11-12-21-13-15-23(16-14-21)24-17-22-9-5-19(2)6-10-22/h3-10,13-16H,11-12,17H2,1-2H3. The summed E-state index contributed by atoms with van der Waals surface area (Å²) in [6, 6.07) is 25.7. The Morgan fingerprint density at radius 1 is 0.542 bits per heavy atom. The molecule has 1 nitrogen and oxygen atoms in total. The molecule has 122 valence electrons. The summed E-state index contributed by atoms with van der Waals surface area (Å²) in [5.41, 5.74) is 6.52. The van der Waals surface area contributed by atoms with E-state index in [1.54, 1.807) is 0 Å². The van der Waals surface area contributed by atoms with Crippen molar-refractivity contribution in [2.45, 2.75) is 33.3 Å². The van der Waals surface area contributed by atoms with Gasteiger partial charge in [0.15, 0.2) is 0 Å². The lowest BCUT2D eigenvalue weighted by Crippen LogP contribution is -1.96. The van der Waals surface area contributed by atoms with Gasteiger partial charge >= 0.3 is 0 Å². The van der Waals surface area contributed by atoms with Gasteiger partial charge in [0.2, 0.25) is 0 Å². The van der Waals surface area contributed by atoms with E-state index in [1.807, 2.05) is 0 Å². The fraction of sp³-hybridized carbons (Fsp3) is 0.217. The van der Waals surface area contributed by atoms with Gasteiger partial charge in [0.25, 0.3) is 0 Å². The normalized spacial score (nSPS) is 10.6. The first-order valence-corrected chi connectivity index (χ1v) is 8.52. The van der Waals surface area contributed by atoms with E-state index >= 15 is 0 Å². The van der Waals surface area contributed by atoms with E-state index in [2.05, 4.69) is 86.6 Å². The van der Waals surface area contributed by atoms with E-state index in [0.29, 0.717) is 6.61 Å². The van der Waals surface area contributed by atoms with Crippen LogP contribution < -0.4 is 4.74 Å². The van der Waals surface area contributed by atoms with Gasteiger partial charge in [0.05, 0.1) is 0 Å². The third kappa shape index (κ3) is 4.73. The summed E-state index contributed by atoms with van der Waals surface area (Å²) < 4.78 is 5.86. The van der Waals surface area contributed by atoms with E-state index in [0.717, 1.165) is 18.6 Å². The molecule has 0 aromatic heterocycles. The molecule has 0 spiro atoms. The first-order chi connectivity index (χ1) is 11.7. The average molecular weight is 316 g/mol. The molecular formula is C23H24O. The van der Waals surface area contributed by atoms with Crippen LogP contribution in [-0.2, 0) is 19.4 Å². The van der Waals surface area contributed by atoms with Crippen molar-refractivity contribution in [2.24, 2.45) is 0 Å². The maximum Gasteiger partial charge on any atom is 0.119 e. The van der Waals surface area contributed by atoms with Crippen LogP contribution in [0.2, 0.25) is 0 Å². The Balaban J connectivity index is 1.51. The Bertz CT molecular complexity index is 684. The van der Waals surface area contributed by atoms with Gasteiger partial charge in [-0.05, 0) is 55.5 Å². The van der Waals surface area contributed by atoms with Crippen molar-refractivity contribution >= 4 is 0 Å². The lowest BCUT2D eigenvalue weighted by molar-refractivity contribution is 0.306. The molecule has 0 bridgehead atoms. The van der Waals surface area contributed by atoms with Crippen molar-refractivity contribution in [3.8, 4) is 5.75 Å². The van der Waals surface area contributed by atoms with E-state index in [4.69, 9.17) is 4.74 Å². The number of hydrogen-bond acceptors (Lipinski definition) is 1. The van der Waals surface area contributed by atoms with Crippen LogP contribution in [0.25, 0.3) is 0 Å². The lowest BCUT2D eigenvalue weighted by atomic mass is 10.0. The van der Waals surface area contributed by atoms with Gasteiger partial charge in [-0.15, -0.1) is 0 Å². The van der Waals surface area contributed by atoms with Gasteiger partial charge in [-0.1, -0.05) is 71.8 Å². The first-order valence-electron chi connectivity index (χ1n) is 8.52. The second-order valence-corrected chi connectivity index (χ2v) is 6.40. The molecule has 0 N–H and O–H groups in total. The zero-order valence-electron chi connectivity index (χ0n) is 14.5. The van der Waals surface area contributed by atoms with Gasteiger partial charge in [0, 0.05) is 0 Å². The molecule has 24 heavy (non-hydrogen) atoms. The van der Waals surface area contributed by atoms with E-state index in [1.165, 1.54) is 27.8 Å². The molecule has 3 aromatic carbocycles. The number of rotatable bonds is 6. The molecule has 1 heteroatoms. The van der Waals surface area contributed by atoms with Gasteiger partial charge in [0.1, 0.15) is 12.4 Å². The van der Waals surface area contributed by atoms with E-state index in [9.17, 15) is 0 Å². The molecule has 0 fully saturated rings. The highest BCUT2D eigenvalue weighted by molar-refractivity contribution is 5.29. The molecule has 0 saturated carbocycles. The first kappa shape index (κ1) is 16.3. The summed E-state index contributed by atoms with van der Waals surface area (Å²) in [5, 5.41) is 0. The number of benzene rings is 3. The minimum Gasteiger partial charge on any atom is -0.489 e. The molecule has 0 heterocycles. The zero-order valence-corrected chi connectivity index (χ0v) is 14.5. The monoisotopic (exact) mass is 316 g/mol. The fourth-order valence-electron chi connectivity index (χ4n) is 2.65. The molecule has 0 radical (unpaired) electrons. The van der Waals surface area contributed by atoms with Crippen LogP contribution in [-0.4, -0.2) is 0 Å². The van der Waals surface area contributed by atoms with Crippen molar-refractivity contribution in [2.75, 3.05) is 0 Å². The third-order valence-corrected chi connectivity index (χ3v) is 4.27. The highest BCUT2D eigenvalue weighted by Crippen LogP contribution is 2.16. The second kappa shape index (κ2) is 7.83. The Hall–Kier alpha value is -2.54. The summed E-state index contributed by atoms with van der Waals surface area (Å²) >= 11 is 0. The largest absolute Gasteiger partial charge is 0.489 e. The number of aryl methyl sites for hydroxylation is 4.